The van der Waals surface area contributed by atoms with E-state index in [2.05, 4.69) is 31.0 Å². The number of nitrogens with one attached hydrogen (secondary N) is 2. The number of aryl methyl sites for hydroxylation is 1. The molecule has 1 aromatic carbocycles. The van der Waals surface area contributed by atoms with Gasteiger partial charge in [0, 0.05) is 37.1 Å². The summed E-state index contributed by atoms with van der Waals surface area (Å²) in [5, 5.41) is 17.4. The number of fused-ring (bicyclic) bond motifs is 1. The minimum Gasteiger partial charge on any atom is -0.368 e. The van der Waals surface area contributed by atoms with Crippen LogP contribution >= 0.6 is 0 Å². The van der Waals surface area contributed by atoms with E-state index < -0.39 is 17.7 Å². The molecule has 9 nitrogen and oxygen atoms in total. The van der Waals surface area contributed by atoms with Crippen LogP contribution in [0.2, 0.25) is 0 Å². The van der Waals surface area contributed by atoms with Crippen LogP contribution in [0.15, 0.2) is 74.7 Å². The molecule has 2 aromatic rings. The Labute approximate surface area is 204 Å². The lowest BCUT2D eigenvalue weighted by Gasteiger charge is -2.20. The molecule has 2 N–H and O–H groups in total. The Morgan fingerprint density at radius 3 is 2.64 bits per heavy atom. The summed E-state index contributed by atoms with van der Waals surface area (Å²) < 4.78 is 43.2. The van der Waals surface area contributed by atoms with Crippen molar-refractivity contribution in [3.05, 3.63) is 71.4 Å². The van der Waals surface area contributed by atoms with Crippen molar-refractivity contribution in [1.82, 2.24) is 20.8 Å². The van der Waals surface area contributed by atoms with Crippen molar-refractivity contribution in [3.8, 4) is 11.4 Å². The zero-order chi connectivity index (χ0) is 25.5. The van der Waals surface area contributed by atoms with Crippen LogP contribution in [0, 0.1) is 5.92 Å². The number of rotatable bonds is 10. The third-order valence-corrected chi connectivity index (χ3v) is 5.51. The molecule has 0 spiro atoms. The van der Waals surface area contributed by atoms with Gasteiger partial charge in [0.05, 0.1) is 11.5 Å². The molecule has 4 rings (SSSR count). The van der Waals surface area contributed by atoms with Crippen LogP contribution < -0.4 is 10.6 Å². The van der Waals surface area contributed by atoms with Crippen molar-refractivity contribution in [2.75, 3.05) is 13.1 Å². The third-order valence-electron chi connectivity index (χ3n) is 5.51. The van der Waals surface area contributed by atoms with Gasteiger partial charge in [-0.25, -0.2) is 0 Å². The molecule has 0 saturated heterocycles. The Hall–Kier alpha value is -4.09. The largest absolute Gasteiger partial charge is 0.416 e. The van der Waals surface area contributed by atoms with Crippen LogP contribution in [-0.4, -0.2) is 35.0 Å². The second kappa shape index (κ2) is 11.1. The first-order valence-corrected chi connectivity index (χ1v) is 11.4. The minimum absolute atomic E-state index is 0.122. The molecule has 2 aliphatic rings. The van der Waals surface area contributed by atoms with Gasteiger partial charge in [0.2, 0.25) is 17.6 Å². The molecule has 1 aliphatic carbocycles. The van der Waals surface area contributed by atoms with E-state index in [9.17, 15) is 22.8 Å². The van der Waals surface area contributed by atoms with E-state index in [0.29, 0.717) is 49.6 Å². The van der Waals surface area contributed by atoms with Crippen LogP contribution in [-0.2, 0) is 22.2 Å². The van der Waals surface area contributed by atoms with Gasteiger partial charge < -0.3 is 15.2 Å². The molecule has 2 heterocycles. The van der Waals surface area contributed by atoms with E-state index in [4.69, 9.17) is 4.52 Å². The summed E-state index contributed by atoms with van der Waals surface area (Å²) in [4.78, 5) is 28.1. The van der Waals surface area contributed by atoms with Gasteiger partial charge in [-0.05, 0) is 25.0 Å². The molecule has 2 amide bonds. The number of amides is 2. The van der Waals surface area contributed by atoms with E-state index in [0.717, 1.165) is 17.7 Å². The van der Waals surface area contributed by atoms with Crippen molar-refractivity contribution in [2.24, 2.45) is 16.1 Å². The van der Waals surface area contributed by atoms with Gasteiger partial charge >= 0.3 is 6.18 Å². The maximum absolute atomic E-state index is 12.7. The van der Waals surface area contributed by atoms with Crippen molar-refractivity contribution in [3.63, 3.8) is 0 Å². The molecule has 1 aliphatic heterocycles. The van der Waals surface area contributed by atoms with Crippen molar-refractivity contribution in [2.45, 2.75) is 31.9 Å². The minimum atomic E-state index is -4.41. The Kier molecular flexibility index (Phi) is 7.71. The lowest BCUT2D eigenvalue weighted by atomic mass is 9.93. The lowest BCUT2D eigenvalue weighted by Crippen LogP contribution is -2.28. The lowest BCUT2D eigenvalue weighted by molar-refractivity contribution is -0.137. The van der Waals surface area contributed by atoms with Crippen LogP contribution in [0.25, 0.3) is 11.4 Å². The molecule has 0 saturated carbocycles. The second-order valence-corrected chi connectivity index (χ2v) is 8.13. The average molecular weight is 500 g/mol. The summed E-state index contributed by atoms with van der Waals surface area (Å²) in [7, 11) is 0. The zero-order valence-corrected chi connectivity index (χ0v) is 19.1. The predicted octanol–water partition coefficient (Wildman–Crippen LogP) is 4.12. The van der Waals surface area contributed by atoms with E-state index in [1.54, 1.807) is 12.2 Å². The molecule has 1 unspecified atom stereocenters. The topological polar surface area (TPSA) is 122 Å². The summed E-state index contributed by atoms with van der Waals surface area (Å²) in [5.74, 6) is 0.241. The fraction of sp³-hybridized carbons (Fsp3) is 0.333. The standard InChI is InChI=1S/C24H23F3N6O3/c25-24(26,27)16-11-9-15(10-12-16)21-30-20(36-33-21)8-3-7-19(34)28-13-4-14-29-22-17-5-1-2-6-18(17)23(35)32-31-22/h1-2,5-6,9-12,18,29H,3-4,7-8,13-14H2,(H,28,34). The number of carbonyl (C=O) groups is 2. The molecule has 1 atom stereocenters. The number of hydrogen-bond donors (Lipinski definition) is 2. The zero-order valence-electron chi connectivity index (χ0n) is 19.1. The summed E-state index contributed by atoms with van der Waals surface area (Å²) >= 11 is 0. The van der Waals surface area contributed by atoms with Crippen molar-refractivity contribution in [1.29, 1.82) is 0 Å². The van der Waals surface area contributed by atoms with Crippen molar-refractivity contribution >= 4 is 11.8 Å². The summed E-state index contributed by atoms with van der Waals surface area (Å²) in [5.41, 5.74) is 0.440. The van der Waals surface area contributed by atoms with Crippen LogP contribution in [0.5, 0.6) is 0 Å². The summed E-state index contributed by atoms with van der Waals surface area (Å²) in [6, 6.07) is 4.50. The maximum Gasteiger partial charge on any atom is 0.416 e. The highest BCUT2D eigenvalue weighted by molar-refractivity contribution is 5.86. The monoisotopic (exact) mass is 500 g/mol. The number of carbonyl (C=O) groups excluding carboxylic acids is 2. The Bertz CT molecular complexity index is 1230. The SMILES string of the molecule is O=C(CCCc1nc(-c2ccc(C(F)(F)F)cc2)no1)NCCCNC1=C2C=CC=CC2C(=O)N=N1. The molecule has 0 radical (unpaired) electrons. The summed E-state index contributed by atoms with van der Waals surface area (Å²) in [6.07, 6.45) is 4.60. The average Bonchev–Trinajstić information content (AvgIpc) is 3.34. The number of hydrogen-bond acceptors (Lipinski definition) is 7. The van der Waals surface area contributed by atoms with Gasteiger partial charge in [0.15, 0.2) is 5.82 Å². The second-order valence-electron chi connectivity index (χ2n) is 8.13. The Balaban J connectivity index is 1.13. The molecule has 12 heteroatoms. The highest BCUT2D eigenvalue weighted by Crippen LogP contribution is 2.30. The van der Waals surface area contributed by atoms with E-state index in [1.807, 2.05) is 12.2 Å². The van der Waals surface area contributed by atoms with Gasteiger partial charge in [0.1, 0.15) is 0 Å². The first-order chi connectivity index (χ1) is 17.3. The molecule has 1 aromatic heterocycles. The van der Waals surface area contributed by atoms with Gasteiger partial charge in [-0.15, -0.1) is 10.2 Å². The number of halogens is 3. The molecule has 36 heavy (non-hydrogen) atoms. The van der Waals surface area contributed by atoms with E-state index >= 15 is 0 Å². The first-order valence-electron chi connectivity index (χ1n) is 11.4. The van der Waals surface area contributed by atoms with Crippen LogP contribution in [0.4, 0.5) is 13.2 Å². The number of azo groups is 1. The molecular formula is C24H23F3N6O3. The Morgan fingerprint density at radius 1 is 1.06 bits per heavy atom. The number of nitrogens with zero attached hydrogens (tertiary/aromatic N) is 4. The van der Waals surface area contributed by atoms with Gasteiger partial charge in [-0.2, -0.15) is 18.2 Å². The highest BCUT2D eigenvalue weighted by Gasteiger charge is 2.30. The van der Waals surface area contributed by atoms with Gasteiger partial charge in [0.25, 0.3) is 5.91 Å². The smallest absolute Gasteiger partial charge is 0.368 e. The fourth-order valence-corrected chi connectivity index (χ4v) is 3.63. The van der Waals surface area contributed by atoms with Gasteiger partial charge in [-0.3, -0.25) is 9.59 Å². The normalized spacial score (nSPS) is 16.9. The third kappa shape index (κ3) is 6.32. The van der Waals surface area contributed by atoms with E-state index in [-0.39, 0.29) is 24.1 Å². The number of alkyl halides is 3. The first kappa shape index (κ1) is 25.0. The number of allylic oxidation sites excluding steroid dienone is 3. The van der Waals surface area contributed by atoms with E-state index in [1.165, 1.54) is 12.1 Å². The summed E-state index contributed by atoms with van der Waals surface area (Å²) in [6.45, 7) is 1.01. The number of aromatic nitrogens is 2. The maximum atomic E-state index is 12.7. The molecule has 0 bridgehead atoms. The molecule has 0 fully saturated rings. The van der Waals surface area contributed by atoms with Crippen molar-refractivity contribution < 1.29 is 27.3 Å². The quantitative estimate of drug-likeness (QED) is 0.474. The van der Waals surface area contributed by atoms with Gasteiger partial charge in [-0.1, -0.05) is 41.6 Å². The Morgan fingerprint density at radius 2 is 1.86 bits per heavy atom. The number of benzene rings is 1. The van der Waals surface area contributed by atoms with Crippen LogP contribution in [0.1, 0.15) is 30.7 Å². The fourth-order valence-electron chi connectivity index (χ4n) is 3.63. The molecule has 188 valence electrons. The highest BCUT2D eigenvalue weighted by atomic mass is 19.4. The predicted molar refractivity (Wildman–Crippen MR) is 122 cm³/mol. The van der Waals surface area contributed by atoms with Crippen LogP contribution in [0.3, 0.4) is 0 Å². The molecular weight excluding hydrogens is 477 g/mol.